The Morgan fingerprint density at radius 2 is 1.14 bits per heavy atom. The molecule has 0 unspecified atom stereocenters. The zero-order valence-electron chi connectivity index (χ0n) is 22.5. The molecule has 0 radical (unpaired) electrons. The third-order valence-corrected chi connectivity index (χ3v) is 7.70. The number of unbranched alkanes of at least 4 members (excludes halogenated alkanes) is 10. The number of benzene rings is 2. The molecule has 6 N–H and O–H groups in total. The van der Waals surface area contributed by atoms with Crippen LogP contribution >= 0.6 is 17.2 Å². The SMILES string of the molecule is CCCCCCCCCCCCCc1cccc(O)c1C(C)(C)c1ccccc1O.OP(O)OP(O)O. The van der Waals surface area contributed by atoms with Gasteiger partial charge in [0.2, 0.25) is 0 Å². The topological polar surface area (TPSA) is 131 Å². The largest absolute Gasteiger partial charge is 0.508 e. The lowest BCUT2D eigenvalue weighted by molar-refractivity contribution is 0.324. The van der Waals surface area contributed by atoms with Crippen molar-refractivity contribution in [1.82, 2.24) is 0 Å². The summed E-state index contributed by atoms with van der Waals surface area (Å²) < 4.78 is 3.60. The van der Waals surface area contributed by atoms with Crippen LogP contribution in [0.15, 0.2) is 42.5 Å². The zero-order valence-corrected chi connectivity index (χ0v) is 24.3. The molecule has 210 valence electrons. The van der Waals surface area contributed by atoms with Gasteiger partial charge in [-0.05, 0) is 30.5 Å². The van der Waals surface area contributed by atoms with Crippen LogP contribution in [0.5, 0.6) is 11.5 Å². The fourth-order valence-electron chi connectivity index (χ4n) is 4.70. The van der Waals surface area contributed by atoms with Crippen molar-refractivity contribution in [1.29, 1.82) is 0 Å². The van der Waals surface area contributed by atoms with Crippen LogP contribution < -0.4 is 0 Å². The highest BCUT2D eigenvalue weighted by atomic mass is 31.2. The summed E-state index contributed by atoms with van der Waals surface area (Å²) in [6.07, 6.45) is 15.6. The van der Waals surface area contributed by atoms with E-state index in [0.29, 0.717) is 5.75 Å². The Kier molecular flexibility index (Phi) is 17.2. The lowest BCUT2D eigenvalue weighted by Gasteiger charge is -2.30. The Labute approximate surface area is 225 Å². The molecule has 0 aliphatic rings. The van der Waals surface area contributed by atoms with Gasteiger partial charge in [0, 0.05) is 16.5 Å². The summed E-state index contributed by atoms with van der Waals surface area (Å²) in [6, 6.07) is 13.3. The molecule has 0 bridgehead atoms. The van der Waals surface area contributed by atoms with Gasteiger partial charge in [0.25, 0.3) is 0 Å². The number of hydrogen-bond acceptors (Lipinski definition) is 7. The van der Waals surface area contributed by atoms with Crippen molar-refractivity contribution in [2.24, 2.45) is 0 Å². The van der Waals surface area contributed by atoms with Crippen molar-refractivity contribution in [3.63, 3.8) is 0 Å². The maximum Gasteiger partial charge on any atom is 0.334 e. The van der Waals surface area contributed by atoms with Crippen LogP contribution in [-0.2, 0) is 16.1 Å². The summed E-state index contributed by atoms with van der Waals surface area (Å²) in [5.74, 6) is 0.607. The van der Waals surface area contributed by atoms with E-state index in [1.165, 1.54) is 69.8 Å². The molecule has 9 heteroatoms. The van der Waals surface area contributed by atoms with E-state index >= 15 is 0 Å². The third-order valence-electron chi connectivity index (χ3n) is 6.53. The summed E-state index contributed by atoms with van der Waals surface area (Å²) in [7, 11) is -5.22. The van der Waals surface area contributed by atoms with Crippen molar-refractivity contribution >= 4 is 17.2 Å². The van der Waals surface area contributed by atoms with Gasteiger partial charge in [-0.1, -0.05) is 115 Å². The minimum Gasteiger partial charge on any atom is -0.508 e. The summed E-state index contributed by atoms with van der Waals surface area (Å²) in [5.41, 5.74) is 2.54. The molecular formula is C28H46O7P2. The summed E-state index contributed by atoms with van der Waals surface area (Å²) in [6.45, 7) is 6.44. The Balaban J connectivity index is 0.000000856. The van der Waals surface area contributed by atoms with Gasteiger partial charge in [0.05, 0.1) is 0 Å². The molecule has 0 aliphatic heterocycles. The number of para-hydroxylation sites is 1. The molecule has 0 heterocycles. The van der Waals surface area contributed by atoms with Crippen LogP contribution in [0.3, 0.4) is 0 Å². The minimum absolute atomic E-state index is 0.284. The molecule has 2 aromatic carbocycles. The fourth-order valence-corrected chi connectivity index (χ4v) is 5.22. The van der Waals surface area contributed by atoms with Crippen LogP contribution in [0.2, 0.25) is 0 Å². The fraction of sp³-hybridized carbons (Fsp3) is 0.571. The Hall–Kier alpha value is -1.30. The molecule has 0 aliphatic carbocycles. The number of aromatic hydroxyl groups is 2. The molecule has 7 nitrogen and oxygen atoms in total. The Morgan fingerprint density at radius 3 is 1.62 bits per heavy atom. The lowest BCUT2D eigenvalue weighted by Crippen LogP contribution is -2.21. The van der Waals surface area contributed by atoms with Crippen molar-refractivity contribution < 1.29 is 34.1 Å². The first-order chi connectivity index (χ1) is 17.6. The van der Waals surface area contributed by atoms with Crippen molar-refractivity contribution in [3.8, 4) is 11.5 Å². The normalized spacial score (nSPS) is 11.6. The zero-order chi connectivity index (χ0) is 27.7. The number of aryl methyl sites for hydroxylation is 1. The monoisotopic (exact) mass is 556 g/mol. The highest BCUT2D eigenvalue weighted by Crippen LogP contribution is 2.43. The van der Waals surface area contributed by atoms with Crippen LogP contribution in [0, 0.1) is 0 Å². The molecule has 0 spiro atoms. The predicted molar refractivity (Wildman–Crippen MR) is 152 cm³/mol. The Bertz CT molecular complexity index is 869. The second-order valence-electron chi connectivity index (χ2n) is 9.83. The van der Waals surface area contributed by atoms with Gasteiger partial charge < -0.3 is 29.8 Å². The van der Waals surface area contributed by atoms with E-state index in [2.05, 4.69) is 31.1 Å². The van der Waals surface area contributed by atoms with Crippen molar-refractivity contribution in [2.75, 3.05) is 0 Å². The number of phenols is 2. The van der Waals surface area contributed by atoms with Crippen LogP contribution in [0.1, 0.15) is 108 Å². The van der Waals surface area contributed by atoms with E-state index in [9.17, 15) is 10.2 Å². The molecule has 0 aromatic heterocycles. The van der Waals surface area contributed by atoms with Gasteiger partial charge in [-0.2, -0.15) is 0 Å². The lowest BCUT2D eigenvalue weighted by atomic mass is 9.74. The van der Waals surface area contributed by atoms with E-state index in [0.717, 1.165) is 24.0 Å². The van der Waals surface area contributed by atoms with Crippen LogP contribution in [0.4, 0.5) is 0 Å². The molecule has 0 amide bonds. The van der Waals surface area contributed by atoms with E-state index < -0.39 is 22.6 Å². The first kappa shape index (κ1) is 33.7. The molecule has 0 atom stereocenters. The second-order valence-corrected chi connectivity index (χ2v) is 11.5. The molecular weight excluding hydrogens is 510 g/mol. The minimum atomic E-state index is -2.61. The smallest absolute Gasteiger partial charge is 0.334 e. The van der Waals surface area contributed by atoms with Crippen molar-refractivity contribution in [3.05, 3.63) is 59.2 Å². The maximum absolute atomic E-state index is 10.7. The standard InChI is InChI=1S/C28H42O2.H4O5P2/c1-4-5-6-7-8-9-10-11-12-13-14-18-23-19-17-22-26(30)27(23)28(2,3)24-20-15-16-21-25(24)29;1-6(2)5-7(3)4/h15-17,19-22,29-30H,4-14,18H2,1-3H3;1-4H. The van der Waals surface area contributed by atoms with Gasteiger partial charge in [0.1, 0.15) is 11.5 Å². The first-order valence-electron chi connectivity index (χ1n) is 13.2. The van der Waals surface area contributed by atoms with Gasteiger partial charge in [0.15, 0.2) is 0 Å². The van der Waals surface area contributed by atoms with E-state index in [1.54, 1.807) is 12.1 Å². The average Bonchev–Trinajstić information content (AvgIpc) is 2.82. The van der Waals surface area contributed by atoms with Gasteiger partial charge in [-0.25, -0.2) is 4.31 Å². The number of hydrogen-bond donors (Lipinski definition) is 6. The predicted octanol–water partition coefficient (Wildman–Crippen LogP) is 7.70. The van der Waals surface area contributed by atoms with E-state index in [4.69, 9.17) is 19.6 Å². The third kappa shape index (κ3) is 13.4. The molecule has 0 saturated heterocycles. The van der Waals surface area contributed by atoms with Gasteiger partial charge in [-0.3, -0.25) is 0 Å². The summed E-state index contributed by atoms with van der Waals surface area (Å²) in [5, 5.41) is 21.1. The molecule has 2 aromatic rings. The van der Waals surface area contributed by atoms with Crippen molar-refractivity contribution in [2.45, 2.75) is 103 Å². The van der Waals surface area contributed by atoms with E-state index in [-0.39, 0.29) is 5.75 Å². The summed E-state index contributed by atoms with van der Waals surface area (Å²) in [4.78, 5) is 31.3. The molecule has 0 fully saturated rings. The van der Waals surface area contributed by atoms with Gasteiger partial charge >= 0.3 is 17.2 Å². The van der Waals surface area contributed by atoms with Gasteiger partial charge in [-0.15, -0.1) is 0 Å². The summed E-state index contributed by atoms with van der Waals surface area (Å²) >= 11 is 0. The highest BCUT2D eigenvalue weighted by molar-refractivity contribution is 7.53. The van der Waals surface area contributed by atoms with Crippen LogP contribution in [0.25, 0.3) is 0 Å². The molecule has 0 saturated carbocycles. The van der Waals surface area contributed by atoms with E-state index in [1.807, 2.05) is 24.3 Å². The number of phenolic OH excluding ortho intramolecular Hbond substituents is 2. The maximum atomic E-state index is 10.7. The molecule has 2 rings (SSSR count). The first-order valence-corrected chi connectivity index (χ1v) is 15.6. The Morgan fingerprint density at radius 1 is 0.649 bits per heavy atom. The second kappa shape index (κ2) is 18.9. The average molecular weight is 557 g/mol. The highest BCUT2D eigenvalue weighted by Gasteiger charge is 2.30. The van der Waals surface area contributed by atoms with Crippen LogP contribution in [-0.4, -0.2) is 29.8 Å². The quantitative estimate of drug-likeness (QED) is 0.0922. The number of rotatable bonds is 16. The molecule has 37 heavy (non-hydrogen) atoms.